The van der Waals surface area contributed by atoms with Crippen LogP contribution in [0.4, 0.5) is 0 Å². The summed E-state index contributed by atoms with van der Waals surface area (Å²) in [5, 5.41) is 0. The van der Waals surface area contributed by atoms with E-state index in [1.165, 1.54) is 16.0 Å². The summed E-state index contributed by atoms with van der Waals surface area (Å²) in [6, 6.07) is 6.29. The molecule has 0 aliphatic rings. The van der Waals surface area contributed by atoms with Gasteiger partial charge in [-0.15, -0.1) is 11.3 Å². The van der Waals surface area contributed by atoms with E-state index in [1.807, 2.05) is 23.8 Å². The van der Waals surface area contributed by atoms with Crippen molar-refractivity contribution < 1.29 is 0 Å². The number of benzene rings is 1. The minimum Gasteiger partial charge on any atom is -0.271 e. The third-order valence-electron chi connectivity index (χ3n) is 2.77. The number of hydrazine groups is 1. The second-order valence-corrected chi connectivity index (χ2v) is 5.67. The van der Waals surface area contributed by atoms with E-state index in [-0.39, 0.29) is 6.04 Å². The zero-order valence-corrected chi connectivity index (χ0v) is 11.9. The van der Waals surface area contributed by atoms with E-state index in [0.29, 0.717) is 0 Å². The van der Waals surface area contributed by atoms with E-state index >= 15 is 0 Å². The number of halogens is 1. The van der Waals surface area contributed by atoms with Crippen LogP contribution in [0.15, 0.2) is 34.4 Å². The number of hydrogen-bond donors (Lipinski definition) is 2. The summed E-state index contributed by atoms with van der Waals surface area (Å²) in [7, 11) is 0. The van der Waals surface area contributed by atoms with Gasteiger partial charge in [0.1, 0.15) is 0 Å². The Kier molecular flexibility index (Phi) is 4.28. The molecular weight excluding hydrogens is 298 g/mol. The van der Waals surface area contributed by atoms with Crippen LogP contribution in [0.3, 0.4) is 0 Å². The monoisotopic (exact) mass is 311 g/mol. The van der Waals surface area contributed by atoms with Crippen molar-refractivity contribution in [1.29, 1.82) is 0 Å². The molecule has 3 N–H and O–H groups in total. The number of hydrogen-bond acceptors (Lipinski definition) is 4. The summed E-state index contributed by atoms with van der Waals surface area (Å²) in [6.45, 7) is 2.09. The quantitative estimate of drug-likeness (QED) is 0.674. The second kappa shape index (κ2) is 5.73. The number of nitrogens with zero attached hydrogens (tertiary/aromatic N) is 1. The third-order valence-corrected chi connectivity index (χ3v) is 4.44. The summed E-state index contributed by atoms with van der Waals surface area (Å²) in [5.41, 5.74) is 7.17. The number of nitrogens with two attached hydrogens (primary N) is 1. The Morgan fingerprint density at radius 3 is 3.00 bits per heavy atom. The summed E-state index contributed by atoms with van der Waals surface area (Å²) >= 11 is 5.20. The molecule has 0 aliphatic carbocycles. The van der Waals surface area contributed by atoms with Crippen LogP contribution in [-0.4, -0.2) is 4.98 Å². The molecule has 0 saturated carbocycles. The van der Waals surface area contributed by atoms with Crippen molar-refractivity contribution in [3.63, 3.8) is 0 Å². The van der Waals surface area contributed by atoms with E-state index in [2.05, 4.69) is 39.3 Å². The molecule has 0 aliphatic heterocycles. The topological polar surface area (TPSA) is 50.9 Å². The lowest BCUT2D eigenvalue weighted by Gasteiger charge is -2.18. The summed E-state index contributed by atoms with van der Waals surface area (Å²) < 4.78 is 1.11. The Bertz CT molecular complexity index is 485. The Balaban J connectivity index is 2.26. The molecule has 5 heteroatoms. The van der Waals surface area contributed by atoms with E-state index in [0.717, 1.165) is 10.9 Å². The Hall–Kier alpha value is -0.750. The molecule has 0 radical (unpaired) electrons. The Morgan fingerprint density at radius 2 is 2.35 bits per heavy atom. The molecule has 3 nitrogen and oxygen atoms in total. The van der Waals surface area contributed by atoms with Gasteiger partial charge in [-0.3, -0.25) is 16.3 Å². The Labute approximate surface area is 113 Å². The van der Waals surface area contributed by atoms with Crippen LogP contribution >= 0.6 is 27.3 Å². The fraction of sp³-hybridized carbons (Fsp3) is 0.250. The lowest BCUT2D eigenvalue weighted by molar-refractivity contribution is 0.552. The molecular formula is C12H14BrN3S. The van der Waals surface area contributed by atoms with Crippen LogP contribution in [0.1, 0.15) is 22.0 Å². The lowest BCUT2D eigenvalue weighted by Crippen LogP contribution is -2.30. The third kappa shape index (κ3) is 2.93. The van der Waals surface area contributed by atoms with Crippen LogP contribution < -0.4 is 11.3 Å². The van der Waals surface area contributed by atoms with Gasteiger partial charge in [0.05, 0.1) is 11.6 Å². The molecule has 2 rings (SSSR count). The van der Waals surface area contributed by atoms with Crippen molar-refractivity contribution in [1.82, 2.24) is 10.4 Å². The van der Waals surface area contributed by atoms with Crippen molar-refractivity contribution >= 4 is 27.3 Å². The minimum atomic E-state index is 0.118. The molecule has 1 unspecified atom stereocenters. The highest BCUT2D eigenvalue weighted by molar-refractivity contribution is 9.10. The lowest BCUT2D eigenvalue weighted by atomic mass is 9.99. The number of aromatic nitrogens is 1. The van der Waals surface area contributed by atoms with Gasteiger partial charge in [-0.25, -0.2) is 0 Å². The molecule has 1 atom stereocenters. The SMILES string of the molecule is Cc1c(Br)cccc1C(Cc1cncs1)NN. The first-order valence-corrected chi connectivity index (χ1v) is 6.98. The van der Waals surface area contributed by atoms with Gasteiger partial charge in [-0.2, -0.15) is 0 Å². The standard InChI is InChI=1S/C12H14BrN3S/c1-8-10(3-2-4-11(8)13)12(16-14)5-9-6-15-7-17-9/h2-4,6-7,12,16H,5,14H2,1H3. The first-order valence-electron chi connectivity index (χ1n) is 5.31. The predicted octanol–water partition coefficient (Wildman–Crippen LogP) is 2.96. The normalized spacial score (nSPS) is 12.6. The van der Waals surface area contributed by atoms with Crippen molar-refractivity contribution in [2.24, 2.45) is 5.84 Å². The van der Waals surface area contributed by atoms with Gasteiger partial charge in [0.15, 0.2) is 0 Å². The van der Waals surface area contributed by atoms with Crippen molar-refractivity contribution in [3.8, 4) is 0 Å². The highest BCUT2D eigenvalue weighted by atomic mass is 79.9. The molecule has 0 spiro atoms. The van der Waals surface area contributed by atoms with Gasteiger partial charge in [-0.1, -0.05) is 28.1 Å². The van der Waals surface area contributed by atoms with E-state index < -0.39 is 0 Å². The maximum absolute atomic E-state index is 5.66. The van der Waals surface area contributed by atoms with E-state index in [9.17, 15) is 0 Å². The maximum Gasteiger partial charge on any atom is 0.0794 e. The van der Waals surface area contributed by atoms with Gasteiger partial charge in [0.25, 0.3) is 0 Å². The molecule has 17 heavy (non-hydrogen) atoms. The van der Waals surface area contributed by atoms with Gasteiger partial charge >= 0.3 is 0 Å². The van der Waals surface area contributed by atoms with Crippen molar-refractivity contribution in [3.05, 3.63) is 50.4 Å². The highest BCUT2D eigenvalue weighted by Gasteiger charge is 2.14. The number of nitrogens with one attached hydrogen (secondary N) is 1. The smallest absolute Gasteiger partial charge is 0.0794 e. The summed E-state index contributed by atoms with van der Waals surface area (Å²) in [6.07, 6.45) is 2.75. The molecule has 1 aromatic heterocycles. The van der Waals surface area contributed by atoms with Crippen LogP contribution in [0.5, 0.6) is 0 Å². The van der Waals surface area contributed by atoms with Crippen LogP contribution in [0.25, 0.3) is 0 Å². The van der Waals surface area contributed by atoms with Crippen LogP contribution in [0, 0.1) is 6.92 Å². The van der Waals surface area contributed by atoms with Gasteiger partial charge in [-0.05, 0) is 24.1 Å². The molecule has 90 valence electrons. The van der Waals surface area contributed by atoms with Crippen molar-refractivity contribution in [2.45, 2.75) is 19.4 Å². The fourth-order valence-corrected chi connectivity index (χ4v) is 2.83. The molecule has 0 fully saturated rings. The molecule has 2 aromatic rings. The average molecular weight is 312 g/mol. The number of rotatable bonds is 4. The Morgan fingerprint density at radius 1 is 1.53 bits per heavy atom. The second-order valence-electron chi connectivity index (χ2n) is 3.85. The predicted molar refractivity (Wildman–Crippen MR) is 74.8 cm³/mol. The minimum absolute atomic E-state index is 0.118. The van der Waals surface area contributed by atoms with Crippen LogP contribution in [0.2, 0.25) is 0 Å². The summed E-state index contributed by atoms with van der Waals surface area (Å²) in [4.78, 5) is 5.31. The highest BCUT2D eigenvalue weighted by Crippen LogP contribution is 2.27. The van der Waals surface area contributed by atoms with Crippen molar-refractivity contribution in [2.75, 3.05) is 0 Å². The zero-order valence-electron chi connectivity index (χ0n) is 9.48. The summed E-state index contributed by atoms with van der Waals surface area (Å²) in [5.74, 6) is 5.66. The maximum atomic E-state index is 5.66. The fourth-order valence-electron chi connectivity index (χ4n) is 1.80. The molecule has 0 saturated heterocycles. The average Bonchev–Trinajstić information content (AvgIpc) is 2.83. The molecule has 0 amide bonds. The first kappa shape index (κ1) is 12.7. The van der Waals surface area contributed by atoms with E-state index in [4.69, 9.17) is 5.84 Å². The molecule has 0 bridgehead atoms. The largest absolute Gasteiger partial charge is 0.271 e. The zero-order chi connectivity index (χ0) is 12.3. The number of thiazole rings is 1. The molecule has 1 aromatic carbocycles. The van der Waals surface area contributed by atoms with E-state index in [1.54, 1.807) is 11.3 Å². The molecule has 1 heterocycles. The van der Waals surface area contributed by atoms with Gasteiger partial charge in [0, 0.05) is 22.0 Å². The van der Waals surface area contributed by atoms with Crippen LogP contribution in [-0.2, 0) is 6.42 Å². The van der Waals surface area contributed by atoms with Gasteiger partial charge < -0.3 is 0 Å². The first-order chi connectivity index (χ1) is 8.22. The van der Waals surface area contributed by atoms with Gasteiger partial charge in [0.2, 0.25) is 0 Å².